The summed E-state index contributed by atoms with van der Waals surface area (Å²) >= 11 is 7.00. The number of hydrogen-bond acceptors (Lipinski definition) is 4. The molecule has 30 heavy (non-hydrogen) atoms. The normalized spacial score (nSPS) is 12.6. The number of carbonyl (C=O) groups is 1. The maximum Gasteiger partial charge on any atom is 0.416 e. The molecule has 3 rings (SSSR count). The third-order valence-corrected chi connectivity index (χ3v) is 5.76. The first kappa shape index (κ1) is 22.2. The molecule has 0 bridgehead atoms. The van der Waals surface area contributed by atoms with Crippen LogP contribution in [0.2, 0.25) is 5.02 Å². The van der Waals surface area contributed by atoms with Crippen molar-refractivity contribution in [3.63, 3.8) is 0 Å². The van der Waals surface area contributed by atoms with E-state index < -0.39 is 17.8 Å². The number of benzene rings is 2. The van der Waals surface area contributed by atoms with Crippen molar-refractivity contribution in [2.24, 2.45) is 0 Å². The van der Waals surface area contributed by atoms with E-state index in [1.54, 1.807) is 0 Å². The molecule has 0 aliphatic carbocycles. The molecule has 0 saturated heterocycles. The zero-order chi connectivity index (χ0) is 21.9. The number of nitrogens with one attached hydrogen (secondary N) is 1. The fourth-order valence-electron chi connectivity index (χ4n) is 2.96. The van der Waals surface area contributed by atoms with Gasteiger partial charge in [0.15, 0.2) is 0 Å². The van der Waals surface area contributed by atoms with E-state index in [0.717, 1.165) is 35.5 Å². The average molecular weight is 454 g/mol. The van der Waals surface area contributed by atoms with Crippen LogP contribution in [0.4, 0.5) is 13.2 Å². The Morgan fingerprint density at radius 1 is 1.13 bits per heavy atom. The molecule has 1 aromatic heterocycles. The molecule has 0 radical (unpaired) electrons. The Morgan fingerprint density at radius 3 is 2.40 bits per heavy atom. The monoisotopic (exact) mass is 453 g/mol. The molecular formula is C21H19ClF3N3OS. The lowest BCUT2D eigenvalue weighted by atomic mass is 10.0. The molecule has 4 nitrogen and oxygen atoms in total. The van der Waals surface area contributed by atoms with E-state index in [0.29, 0.717) is 16.4 Å². The summed E-state index contributed by atoms with van der Waals surface area (Å²) in [6.07, 6.45) is -3.10. The SMILES string of the molecule is CCc1ccc(CC(NC(C)=O)c2nnc(-c3cc(Cl)cc(C(F)(F)F)c3)s2)cc1. The van der Waals surface area contributed by atoms with Gasteiger partial charge in [-0.15, -0.1) is 10.2 Å². The zero-order valence-electron chi connectivity index (χ0n) is 16.3. The highest BCUT2D eigenvalue weighted by atomic mass is 35.5. The van der Waals surface area contributed by atoms with E-state index in [-0.39, 0.29) is 16.5 Å². The third kappa shape index (κ3) is 5.58. The minimum Gasteiger partial charge on any atom is -0.347 e. The maximum absolute atomic E-state index is 13.1. The van der Waals surface area contributed by atoms with Gasteiger partial charge in [-0.1, -0.05) is 54.1 Å². The van der Waals surface area contributed by atoms with Gasteiger partial charge in [0.1, 0.15) is 10.0 Å². The largest absolute Gasteiger partial charge is 0.416 e. The lowest BCUT2D eigenvalue weighted by Gasteiger charge is -2.15. The number of aromatic nitrogens is 2. The van der Waals surface area contributed by atoms with Crippen LogP contribution in [0.15, 0.2) is 42.5 Å². The molecule has 0 spiro atoms. The van der Waals surface area contributed by atoms with Gasteiger partial charge in [0, 0.05) is 17.5 Å². The van der Waals surface area contributed by atoms with E-state index in [4.69, 9.17) is 11.6 Å². The maximum atomic E-state index is 13.1. The molecule has 2 aromatic carbocycles. The molecule has 0 fully saturated rings. The van der Waals surface area contributed by atoms with Gasteiger partial charge in [0.05, 0.1) is 11.6 Å². The van der Waals surface area contributed by atoms with Crippen LogP contribution in [0.1, 0.15) is 41.6 Å². The Hall–Kier alpha value is -2.45. The fraction of sp³-hybridized carbons (Fsp3) is 0.286. The minimum atomic E-state index is -4.52. The molecule has 1 N–H and O–H groups in total. The van der Waals surface area contributed by atoms with Crippen LogP contribution in [0.3, 0.4) is 0 Å². The number of carbonyl (C=O) groups excluding carboxylic acids is 1. The van der Waals surface area contributed by atoms with Gasteiger partial charge in [-0.2, -0.15) is 13.2 Å². The average Bonchev–Trinajstić information content (AvgIpc) is 3.17. The predicted octanol–water partition coefficient (Wildman–Crippen LogP) is 5.86. The summed E-state index contributed by atoms with van der Waals surface area (Å²) in [7, 11) is 0. The van der Waals surface area contributed by atoms with E-state index >= 15 is 0 Å². The van der Waals surface area contributed by atoms with Gasteiger partial charge >= 0.3 is 6.18 Å². The van der Waals surface area contributed by atoms with Gasteiger partial charge in [-0.05, 0) is 42.2 Å². The van der Waals surface area contributed by atoms with Crippen molar-refractivity contribution in [3.05, 3.63) is 69.2 Å². The second kappa shape index (κ2) is 9.14. The highest BCUT2D eigenvalue weighted by Gasteiger charge is 2.31. The van der Waals surface area contributed by atoms with Crippen LogP contribution in [0, 0.1) is 0 Å². The summed E-state index contributed by atoms with van der Waals surface area (Å²) in [6, 6.07) is 10.9. The third-order valence-electron chi connectivity index (χ3n) is 4.46. The summed E-state index contributed by atoms with van der Waals surface area (Å²) in [6.45, 7) is 3.47. The number of amides is 1. The fourth-order valence-corrected chi connectivity index (χ4v) is 4.08. The quantitative estimate of drug-likeness (QED) is 0.508. The molecule has 3 aromatic rings. The van der Waals surface area contributed by atoms with Gasteiger partial charge < -0.3 is 5.32 Å². The van der Waals surface area contributed by atoms with Gasteiger partial charge in [0.25, 0.3) is 0 Å². The summed E-state index contributed by atoms with van der Waals surface area (Å²) in [5, 5.41) is 11.8. The van der Waals surface area contributed by atoms with Crippen molar-refractivity contribution in [1.29, 1.82) is 0 Å². The van der Waals surface area contributed by atoms with Crippen molar-refractivity contribution in [2.45, 2.75) is 38.9 Å². The second-order valence-electron chi connectivity index (χ2n) is 6.80. The molecular weight excluding hydrogens is 435 g/mol. The lowest BCUT2D eigenvalue weighted by molar-refractivity contribution is -0.137. The Labute approximate surface area is 181 Å². The summed E-state index contributed by atoms with van der Waals surface area (Å²) < 4.78 is 39.3. The van der Waals surface area contributed by atoms with Crippen LogP contribution < -0.4 is 5.32 Å². The summed E-state index contributed by atoms with van der Waals surface area (Å²) in [5.74, 6) is -0.232. The molecule has 1 amide bonds. The molecule has 9 heteroatoms. The Morgan fingerprint density at radius 2 is 1.80 bits per heavy atom. The van der Waals surface area contributed by atoms with Crippen molar-refractivity contribution in [2.75, 3.05) is 0 Å². The topological polar surface area (TPSA) is 54.9 Å². The second-order valence-corrected chi connectivity index (χ2v) is 8.24. The Bertz CT molecular complexity index is 1030. The minimum absolute atomic E-state index is 0.0361. The van der Waals surface area contributed by atoms with Crippen molar-refractivity contribution in [1.82, 2.24) is 15.5 Å². The van der Waals surface area contributed by atoms with E-state index in [9.17, 15) is 18.0 Å². The number of hydrogen-bond donors (Lipinski definition) is 1. The molecule has 0 saturated carbocycles. The van der Waals surface area contributed by atoms with Crippen molar-refractivity contribution in [3.8, 4) is 10.6 Å². The van der Waals surface area contributed by atoms with Crippen LogP contribution in [0.5, 0.6) is 0 Å². The first-order valence-electron chi connectivity index (χ1n) is 9.22. The van der Waals surface area contributed by atoms with E-state index in [1.165, 1.54) is 18.6 Å². The molecule has 1 heterocycles. The van der Waals surface area contributed by atoms with Crippen LogP contribution in [-0.2, 0) is 23.8 Å². The number of aryl methyl sites for hydroxylation is 1. The van der Waals surface area contributed by atoms with Crippen molar-refractivity contribution < 1.29 is 18.0 Å². The summed E-state index contributed by atoms with van der Waals surface area (Å²) in [4.78, 5) is 11.7. The first-order valence-corrected chi connectivity index (χ1v) is 10.4. The van der Waals surface area contributed by atoms with Gasteiger partial charge in [-0.25, -0.2) is 0 Å². The van der Waals surface area contributed by atoms with Crippen molar-refractivity contribution >= 4 is 28.8 Å². The first-order chi connectivity index (χ1) is 14.2. The predicted molar refractivity (Wildman–Crippen MR) is 111 cm³/mol. The Balaban J connectivity index is 1.90. The number of nitrogens with zero attached hydrogens (tertiary/aromatic N) is 2. The Kier molecular flexibility index (Phi) is 6.77. The summed E-state index contributed by atoms with van der Waals surface area (Å²) in [5.41, 5.74) is 1.59. The lowest BCUT2D eigenvalue weighted by Crippen LogP contribution is -2.27. The van der Waals surface area contributed by atoms with Gasteiger partial charge in [-0.3, -0.25) is 4.79 Å². The molecule has 0 aliphatic heterocycles. The van der Waals surface area contributed by atoms with E-state index in [1.807, 2.05) is 24.3 Å². The van der Waals surface area contributed by atoms with Crippen LogP contribution >= 0.6 is 22.9 Å². The van der Waals surface area contributed by atoms with Gasteiger partial charge in [0.2, 0.25) is 5.91 Å². The highest BCUT2D eigenvalue weighted by molar-refractivity contribution is 7.14. The highest BCUT2D eigenvalue weighted by Crippen LogP contribution is 2.36. The van der Waals surface area contributed by atoms with Crippen LogP contribution in [0.25, 0.3) is 10.6 Å². The number of alkyl halides is 3. The molecule has 1 unspecified atom stereocenters. The number of halogens is 4. The van der Waals surface area contributed by atoms with Crippen LogP contribution in [-0.4, -0.2) is 16.1 Å². The molecule has 0 aliphatic rings. The number of rotatable bonds is 6. The molecule has 1 atom stereocenters. The smallest absolute Gasteiger partial charge is 0.347 e. The zero-order valence-corrected chi connectivity index (χ0v) is 17.8. The molecule has 158 valence electrons. The van der Waals surface area contributed by atoms with E-state index in [2.05, 4.69) is 22.4 Å². The standard InChI is InChI=1S/C21H19ClF3N3OS/c1-3-13-4-6-14(7-5-13)8-18(26-12(2)29)20-28-27-19(30-20)15-9-16(21(23,24)25)11-17(22)10-15/h4-7,9-11,18H,3,8H2,1-2H3,(H,26,29).